The van der Waals surface area contributed by atoms with Crippen molar-refractivity contribution in [1.29, 1.82) is 0 Å². The molecule has 2 rings (SSSR count). The van der Waals surface area contributed by atoms with Crippen molar-refractivity contribution in [1.82, 2.24) is 10.2 Å². The van der Waals surface area contributed by atoms with Gasteiger partial charge in [0.1, 0.15) is 5.75 Å². The van der Waals surface area contributed by atoms with E-state index in [9.17, 15) is 0 Å². The summed E-state index contributed by atoms with van der Waals surface area (Å²) >= 11 is 3.63. The molecule has 19 heavy (non-hydrogen) atoms. The highest BCUT2D eigenvalue weighted by Gasteiger charge is 2.20. The summed E-state index contributed by atoms with van der Waals surface area (Å²) < 4.78 is 6.45. The van der Waals surface area contributed by atoms with Crippen molar-refractivity contribution in [2.45, 2.75) is 13.0 Å². The summed E-state index contributed by atoms with van der Waals surface area (Å²) in [4.78, 5) is 2.50. The van der Waals surface area contributed by atoms with Crippen molar-refractivity contribution in [3.05, 3.63) is 28.2 Å². The third kappa shape index (κ3) is 4.80. The van der Waals surface area contributed by atoms with Gasteiger partial charge in [-0.05, 0) is 30.7 Å². The molecule has 1 atom stereocenters. The van der Waals surface area contributed by atoms with E-state index in [0.717, 1.165) is 36.4 Å². The standard InChI is InChI=1S/C13H19BrN2O.2ClH/c1-10(16-7-5-15-6-8-16)12-9-11(17-2)3-4-13(12)14;;/h3-4,9-10,15H,5-8H2,1-2H3;2*1H/t10-;;/m0../s1. The van der Waals surface area contributed by atoms with Crippen molar-refractivity contribution in [3.63, 3.8) is 0 Å². The van der Waals surface area contributed by atoms with Crippen LogP contribution in [0.3, 0.4) is 0 Å². The van der Waals surface area contributed by atoms with Gasteiger partial charge in [-0.1, -0.05) is 15.9 Å². The molecule has 0 saturated carbocycles. The molecule has 0 aliphatic carbocycles. The Balaban J connectivity index is 0.00000162. The predicted molar refractivity (Wildman–Crippen MR) is 88.0 cm³/mol. The van der Waals surface area contributed by atoms with E-state index >= 15 is 0 Å². The van der Waals surface area contributed by atoms with E-state index in [1.54, 1.807) is 7.11 Å². The quantitative estimate of drug-likeness (QED) is 0.882. The molecular weight excluding hydrogens is 351 g/mol. The number of nitrogens with one attached hydrogen (secondary N) is 1. The van der Waals surface area contributed by atoms with Crippen LogP contribution in [-0.4, -0.2) is 38.2 Å². The molecule has 1 heterocycles. The van der Waals surface area contributed by atoms with Crippen LogP contribution in [0.2, 0.25) is 0 Å². The first-order valence-corrected chi connectivity index (χ1v) is 6.80. The number of piperazine rings is 1. The van der Waals surface area contributed by atoms with Gasteiger partial charge in [0, 0.05) is 36.7 Å². The summed E-state index contributed by atoms with van der Waals surface area (Å²) in [7, 11) is 1.71. The van der Waals surface area contributed by atoms with Crippen LogP contribution >= 0.6 is 40.7 Å². The Morgan fingerprint density at radius 2 is 1.89 bits per heavy atom. The molecule has 0 amide bonds. The Bertz CT molecular complexity index is 387. The molecule has 0 bridgehead atoms. The Kier molecular flexibility index (Phi) is 9.03. The molecule has 1 aliphatic heterocycles. The highest BCUT2D eigenvalue weighted by Crippen LogP contribution is 2.30. The Morgan fingerprint density at radius 1 is 1.26 bits per heavy atom. The first-order valence-electron chi connectivity index (χ1n) is 6.00. The number of hydrogen-bond acceptors (Lipinski definition) is 3. The van der Waals surface area contributed by atoms with E-state index in [0.29, 0.717) is 6.04 Å². The van der Waals surface area contributed by atoms with Crippen molar-refractivity contribution in [2.75, 3.05) is 33.3 Å². The Hall–Kier alpha value is -0.000000000000000111. The van der Waals surface area contributed by atoms with Crippen LogP contribution in [0, 0.1) is 0 Å². The molecule has 6 heteroatoms. The molecular formula is C13H21BrCl2N2O. The van der Waals surface area contributed by atoms with Gasteiger partial charge < -0.3 is 10.1 Å². The summed E-state index contributed by atoms with van der Waals surface area (Å²) in [6.07, 6.45) is 0. The monoisotopic (exact) mass is 370 g/mol. The number of halogens is 3. The van der Waals surface area contributed by atoms with Gasteiger partial charge in [0.2, 0.25) is 0 Å². The van der Waals surface area contributed by atoms with E-state index in [1.807, 2.05) is 6.07 Å². The lowest BCUT2D eigenvalue weighted by Gasteiger charge is -2.33. The number of ether oxygens (including phenoxy) is 1. The zero-order valence-electron chi connectivity index (χ0n) is 11.2. The molecule has 3 nitrogen and oxygen atoms in total. The van der Waals surface area contributed by atoms with Crippen molar-refractivity contribution >= 4 is 40.7 Å². The third-order valence-electron chi connectivity index (χ3n) is 3.35. The zero-order valence-corrected chi connectivity index (χ0v) is 14.4. The molecule has 1 N–H and O–H groups in total. The minimum atomic E-state index is 0. The lowest BCUT2D eigenvalue weighted by Crippen LogP contribution is -2.44. The fourth-order valence-corrected chi connectivity index (χ4v) is 2.81. The average Bonchev–Trinajstić information content (AvgIpc) is 2.39. The lowest BCUT2D eigenvalue weighted by atomic mass is 10.1. The van der Waals surface area contributed by atoms with Crippen LogP contribution in [0.25, 0.3) is 0 Å². The normalized spacial score (nSPS) is 17.0. The van der Waals surface area contributed by atoms with Gasteiger partial charge in [0.25, 0.3) is 0 Å². The number of methoxy groups -OCH3 is 1. The maximum atomic E-state index is 5.30. The summed E-state index contributed by atoms with van der Waals surface area (Å²) in [6.45, 7) is 6.61. The molecule has 0 radical (unpaired) electrons. The molecule has 0 spiro atoms. The van der Waals surface area contributed by atoms with Gasteiger partial charge in [-0.25, -0.2) is 0 Å². The fraction of sp³-hybridized carbons (Fsp3) is 0.538. The molecule has 1 aromatic rings. The summed E-state index contributed by atoms with van der Waals surface area (Å²) in [5, 5.41) is 3.38. The van der Waals surface area contributed by atoms with Crippen molar-refractivity contribution in [2.24, 2.45) is 0 Å². The number of benzene rings is 1. The van der Waals surface area contributed by atoms with Crippen molar-refractivity contribution in [3.8, 4) is 5.75 Å². The van der Waals surface area contributed by atoms with E-state index in [4.69, 9.17) is 4.74 Å². The number of nitrogens with zero attached hydrogens (tertiary/aromatic N) is 1. The van der Waals surface area contributed by atoms with Gasteiger partial charge in [0.15, 0.2) is 0 Å². The van der Waals surface area contributed by atoms with E-state index in [-0.39, 0.29) is 24.8 Å². The topological polar surface area (TPSA) is 24.5 Å². The predicted octanol–water partition coefficient (Wildman–Crippen LogP) is 3.27. The van der Waals surface area contributed by atoms with Crippen LogP contribution in [0.4, 0.5) is 0 Å². The second kappa shape index (κ2) is 9.03. The molecule has 0 aromatic heterocycles. The van der Waals surface area contributed by atoms with Crippen molar-refractivity contribution < 1.29 is 4.74 Å². The Labute approximate surface area is 136 Å². The second-order valence-corrected chi connectivity index (χ2v) is 5.20. The van der Waals surface area contributed by atoms with Gasteiger partial charge in [-0.15, -0.1) is 24.8 Å². The van der Waals surface area contributed by atoms with E-state index in [2.05, 4.69) is 45.2 Å². The number of rotatable bonds is 3. The van der Waals surface area contributed by atoms with Crippen LogP contribution in [0.1, 0.15) is 18.5 Å². The minimum absolute atomic E-state index is 0. The minimum Gasteiger partial charge on any atom is -0.497 e. The van der Waals surface area contributed by atoms with E-state index < -0.39 is 0 Å². The smallest absolute Gasteiger partial charge is 0.119 e. The van der Waals surface area contributed by atoms with Crippen LogP contribution < -0.4 is 10.1 Å². The highest BCUT2D eigenvalue weighted by molar-refractivity contribution is 9.10. The lowest BCUT2D eigenvalue weighted by molar-refractivity contribution is 0.185. The molecule has 110 valence electrons. The molecule has 1 saturated heterocycles. The van der Waals surface area contributed by atoms with Gasteiger partial charge in [-0.2, -0.15) is 0 Å². The summed E-state index contributed by atoms with van der Waals surface area (Å²) in [6, 6.07) is 6.59. The molecule has 1 fully saturated rings. The second-order valence-electron chi connectivity index (χ2n) is 4.35. The molecule has 1 aliphatic rings. The Morgan fingerprint density at radius 3 is 2.47 bits per heavy atom. The summed E-state index contributed by atoms with van der Waals surface area (Å²) in [5.74, 6) is 0.921. The van der Waals surface area contributed by atoms with Crippen LogP contribution in [0.15, 0.2) is 22.7 Å². The zero-order chi connectivity index (χ0) is 12.3. The highest BCUT2D eigenvalue weighted by atomic mass is 79.9. The SMILES string of the molecule is COc1ccc(Br)c([C@H](C)N2CCNCC2)c1.Cl.Cl. The first kappa shape index (κ1) is 19.0. The third-order valence-corrected chi connectivity index (χ3v) is 4.07. The summed E-state index contributed by atoms with van der Waals surface area (Å²) in [5.41, 5.74) is 1.30. The van der Waals surface area contributed by atoms with Gasteiger partial charge in [0.05, 0.1) is 7.11 Å². The largest absolute Gasteiger partial charge is 0.497 e. The van der Waals surface area contributed by atoms with E-state index in [1.165, 1.54) is 5.56 Å². The van der Waals surface area contributed by atoms with Crippen LogP contribution in [0.5, 0.6) is 5.75 Å². The first-order chi connectivity index (χ1) is 8.22. The van der Waals surface area contributed by atoms with Gasteiger partial charge in [-0.3, -0.25) is 4.90 Å². The van der Waals surface area contributed by atoms with Gasteiger partial charge >= 0.3 is 0 Å². The molecule has 0 unspecified atom stereocenters. The fourth-order valence-electron chi connectivity index (χ4n) is 2.24. The maximum Gasteiger partial charge on any atom is 0.119 e. The van der Waals surface area contributed by atoms with Crippen LogP contribution in [-0.2, 0) is 0 Å². The maximum absolute atomic E-state index is 5.30. The number of hydrogen-bond donors (Lipinski definition) is 1. The average molecular weight is 372 g/mol. The molecule has 1 aromatic carbocycles.